The number of hydrogen-bond acceptors (Lipinski definition) is 4. The highest BCUT2D eigenvalue weighted by atomic mass is 35.5. The minimum Gasteiger partial charge on any atom is -0.456 e. The van der Waals surface area contributed by atoms with Crippen molar-refractivity contribution in [3.05, 3.63) is 22.2 Å². The molecule has 0 aliphatic heterocycles. The van der Waals surface area contributed by atoms with Crippen LogP contribution in [0.1, 0.15) is 25.6 Å². The van der Waals surface area contributed by atoms with Crippen LogP contribution in [0.15, 0.2) is 6.33 Å². The summed E-state index contributed by atoms with van der Waals surface area (Å²) in [5.74, 6) is -0.400. The van der Waals surface area contributed by atoms with Gasteiger partial charge in [0.25, 0.3) is 0 Å². The zero-order valence-electron chi connectivity index (χ0n) is 7.62. The summed E-state index contributed by atoms with van der Waals surface area (Å²) in [6.07, 6.45) is 0.740. The summed E-state index contributed by atoms with van der Waals surface area (Å²) in [5, 5.41) is 0.360. The standard InChI is InChI=1S/C8H8Cl2N2O2/c1-4(14-5(2)13)7-6(9)8(10)12-3-11-7/h3-4H,1-2H3/t4-/m0/s1. The summed E-state index contributed by atoms with van der Waals surface area (Å²) in [6.45, 7) is 2.97. The van der Waals surface area contributed by atoms with Crippen LogP contribution in [0.4, 0.5) is 0 Å². The lowest BCUT2D eigenvalue weighted by Gasteiger charge is -2.12. The minimum absolute atomic E-state index is 0.149. The molecule has 0 amide bonds. The van der Waals surface area contributed by atoms with Gasteiger partial charge in [0.2, 0.25) is 0 Å². The van der Waals surface area contributed by atoms with Crippen LogP contribution in [-0.2, 0) is 9.53 Å². The number of aromatic nitrogens is 2. The van der Waals surface area contributed by atoms with Crippen LogP contribution in [0.3, 0.4) is 0 Å². The normalized spacial score (nSPS) is 12.3. The molecule has 0 fully saturated rings. The summed E-state index contributed by atoms with van der Waals surface area (Å²) >= 11 is 11.5. The fraction of sp³-hybridized carbons (Fsp3) is 0.375. The third-order valence-electron chi connectivity index (χ3n) is 1.50. The summed E-state index contributed by atoms with van der Waals surface area (Å²) in [7, 11) is 0. The highest BCUT2D eigenvalue weighted by Gasteiger charge is 2.16. The molecule has 0 saturated heterocycles. The zero-order chi connectivity index (χ0) is 10.7. The van der Waals surface area contributed by atoms with Crippen molar-refractivity contribution in [2.24, 2.45) is 0 Å². The third kappa shape index (κ3) is 2.56. The molecule has 4 nitrogen and oxygen atoms in total. The molecule has 1 aromatic heterocycles. The molecule has 1 heterocycles. The molecular formula is C8H8Cl2N2O2. The Labute approximate surface area is 91.2 Å². The van der Waals surface area contributed by atoms with Gasteiger partial charge in [0.05, 0.1) is 0 Å². The van der Waals surface area contributed by atoms with E-state index < -0.39 is 12.1 Å². The first-order valence-corrected chi connectivity index (χ1v) is 4.61. The van der Waals surface area contributed by atoms with Crippen LogP contribution in [0.5, 0.6) is 0 Å². The van der Waals surface area contributed by atoms with Gasteiger partial charge < -0.3 is 4.74 Å². The van der Waals surface area contributed by atoms with E-state index in [1.54, 1.807) is 6.92 Å². The van der Waals surface area contributed by atoms with Gasteiger partial charge in [-0.2, -0.15) is 0 Å². The number of hydrogen-bond donors (Lipinski definition) is 0. The summed E-state index contributed by atoms with van der Waals surface area (Å²) in [5.41, 5.74) is 0.405. The minimum atomic E-state index is -0.527. The molecule has 0 aromatic carbocycles. The molecule has 1 rings (SSSR count). The molecule has 0 unspecified atom stereocenters. The van der Waals surface area contributed by atoms with Gasteiger partial charge in [0.1, 0.15) is 23.1 Å². The number of ether oxygens (including phenoxy) is 1. The van der Waals surface area contributed by atoms with Crippen molar-refractivity contribution < 1.29 is 9.53 Å². The quantitative estimate of drug-likeness (QED) is 0.583. The first-order chi connectivity index (χ1) is 6.52. The fourth-order valence-corrected chi connectivity index (χ4v) is 1.34. The van der Waals surface area contributed by atoms with Gasteiger partial charge in [0, 0.05) is 6.92 Å². The van der Waals surface area contributed by atoms with Crippen LogP contribution in [0.2, 0.25) is 10.2 Å². The first-order valence-electron chi connectivity index (χ1n) is 3.85. The second kappa shape index (κ2) is 4.57. The Morgan fingerprint density at radius 3 is 2.71 bits per heavy atom. The van der Waals surface area contributed by atoms with E-state index in [0.717, 1.165) is 0 Å². The van der Waals surface area contributed by atoms with E-state index in [-0.39, 0.29) is 10.2 Å². The van der Waals surface area contributed by atoms with Crippen LogP contribution < -0.4 is 0 Å². The van der Waals surface area contributed by atoms with Gasteiger partial charge in [-0.05, 0) is 6.92 Å². The van der Waals surface area contributed by atoms with Crippen molar-refractivity contribution >= 4 is 29.2 Å². The number of nitrogens with zero attached hydrogens (tertiary/aromatic N) is 2. The predicted molar refractivity (Wildman–Crippen MR) is 52.2 cm³/mol. The van der Waals surface area contributed by atoms with Crippen molar-refractivity contribution in [3.63, 3.8) is 0 Å². The maximum atomic E-state index is 10.7. The van der Waals surface area contributed by atoms with Crippen LogP contribution in [0, 0.1) is 0 Å². The molecule has 76 valence electrons. The first kappa shape index (κ1) is 11.2. The highest BCUT2D eigenvalue weighted by Crippen LogP contribution is 2.27. The Kier molecular flexibility index (Phi) is 3.66. The number of carbonyl (C=O) groups excluding carboxylic acids is 1. The maximum Gasteiger partial charge on any atom is 0.303 e. The second-order valence-corrected chi connectivity index (χ2v) is 3.35. The van der Waals surface area contributed by atoms with Gasteiger partial charge in [-0.1, -0.05) is 23.2 Å². The lowest BCUT2D eigenvalue weighted by atomic mass is 10.3. The number of esters is 1. The molecule has 0 aliphatic rings. The summed E-state index contributed by atoms with van der Waals surface area (Å²) in [6, 6.07) is 0. The Morgan fingerprint density at radius 1 is 1.50 bits per heavy atom. The van der Waals surface area contributed by atoms with E-state index in [4.69, 9.17) is 27.9 Å². The maximum absolute atomic E-state index is 10.7. The molecule has 0 saturated carbocycles. The molecule has 1 aromatic rings. The second-order valence-electron chi connectivity index (χ2n) is 2.62. The van der Waals surface area contributed by atoms with Gasteiger partial charge in [-0.25, -0.2) is 9.97 Å². The van der Waals surface area contributed by atoms with E-state index in [1.807, 2.05) is 0 Å². The molecule has 0 aliphatic carbocycles. The largest absolute Gasteiger partial charge is 0.456 e. The molecule has 6 heteroatoms. The molecule has 1 atom stereocenters. The molecule has 14 heavy (non-hydrogen) atoms. The molecule has 0 bridgehead atoms. The van der Waals surface area contributed by atoms with Crippen molar-refractivity contribution in [2.75, 3.05) is 0 Å². The SMILES string of the molecule is CC(=O)O[C@@H](C)c1ncnc(Cl)c1Cl. The van der Waals surface area contributed by atoms with E-state index >= 15 is 0 Å². The molecule has 0 radical (unpaired) electrons. The third-order valence-corrected chi connectivity index (χ3v) is 2.26. The van der Waals surface area contributed by atoms with Crippen molar-refractivity contribution in [3.8, 4) is 0 Å². The summed E-state index contributed by atoms with van der Waals surface area (Å²) in [4.78, 5) is 18.3. The van der Waals surface area contributed by atoms with Gasteiger partial charge >= 0.3 is 5.97 Å². The Morgan fingerprint density at radius 2 is 2.14 bits per heavy atom. The van der Waals surface area contributed by atoms with Crippen LogP contribution in [-0.4, -0.2) is 15.9 Å². The Bertz CT molecular complexity index is 357. The zero-order valence-corrected chi connectivity index (χ0v) is 9.13. The number of carbonyl (C=O) groups is 1. The van der Waals surface area contributed by atoms with Gasteiger partial charge in [-0.3, -0.25) is 4.79 Å². The van der Waals surface area contributed by atoms with Crippen LogP contribution >= 0.6 is 23.2 Å². The average molecular weight is 235 g/mol. The Hall–Kier alpha value is -0.870. The van der Waals surface area contributed by atoms with E-state index in [0.29, 0.717) is 5.69 Å². The highest BCUT2D eigenvalue weighted by molar-refractivity contribution is 6.41. The molecule has 0 N–H and O–H groups in total. The van der Waals surface area contributed by atoms with Crippen molar-refractivity contribution in [1.82, 2.24) is 9.97 Å². The van der Waals surface area contributed by atoms with E-state index in [2.05, 4.69) is 9.97 Å². The van der Waals surface area contributed by atoms with Crippen molar-refractivity contribution in [2.45, 2.75) is 20.0 Å². The molecular weight excluding hydrogens is 227 g/mol. The average Bonchev–Trinajstić information content (AvgIpc) is 2.08. The van der Waals surface area contributed by atoms with Gasteiger partial charge in [-0.15, -0.1) is 0 Å². The lowest BCUT2D eigenvalue weighted by Crippen LogP contribution is -2.07. The van der Waals surface area contributed by atoms with E-state index in [1.165, 1.54) is 13.3 Å². The monoisotopic (exact) mass is 234 g/mol. The summed E-state index contributed by atoms with van der Waals surface area (Å²) < 4.78 is 4.90. The van der Waals surface area contributed by atoms with Crippen LogP contribution in [0.25, 0.3) is 0 Å². The number of rotatable bonds is 2. The van der Waals surface area contributed by atoms with Crippen molar-refractivity contribution in [1.29, 1.82) is 0 Å². The Balaban J connectivity index is 2.95. The van der Waals surface area contributed by atoms with E-state index in [9.17, 15) is 4.79 Å². The van der Waals surface area contributed by atoms with Gasteiger partial charge in [0.15, 0.2) is 5.15 Å². The topological polar surface area (TPSA) is 52.1 Å². The smallest absolute Gasteiger partial charge is 0.303 e. The lowest BCUT2D eigenvalue weighted by molar-refractivity contribution is -0.145. The number of halogens is 2. The molecule has 0 spiro atoms. The fourth-order valence-electron chi connectivity index (χ4n) is 0.949. The predicted octanol–water partition coefficient (Wildman–Crippen LogP) is 2.41.